The Labute approximate surface area is 136 Å². The van der Waals surface area contributed by atoms with Crippen LogP contribution < -0.4 is 4.74 Å². The first kappa shape index (κ1) is 15.8. The Kier molecular flexibility index (Phi) is 3.64. The third kappa shape index (κ3) is 2.88. The number of aromatic carboxylic acids is 1. The minimum atomic E-state index is -3.38. The van der Waals surface area contributed by atoms with E-state index in [9.17, 15) is 18.4 Å². The first-order valence-electron chi connectivity index (χ1n) is 6.68. The molecule has 0 saturated heterocycles. The van der Waals surface area contributed by atoms with Gasteiger partial charge in [0.25, 0.3) is 0 Å². The summed E-state index contributed by atoms with van der Waals surface area (Å²) >= 11 is 0. The zero-order valence-corrected chi connectivity index (χ0v) is 13.2. The lowest BCUT2D eigenvalue weighted by Gasteiger charge is -2.06. The van der Waals surface area contributed by atoms with Gasteiger partial charge in [0.05, 0.1) is 11.7 Å². The number of fused-ring (bicyclic) bond motifs is 1. The summed E-state index contributed by atoms with van der Waals surface area (Å²) in [5.74, 6) is -0.542. The highest BCUT2D eigenvalue weighted by atomic mass is 32.2. The van der Waals surface area contributed by atoms with Gasteiger partial charge in [-0.3, -0.25) is 0 Å². The maximum absolute atomic E-state index is 11.4. The molecule has 0 unspecified atom stereocenters. The molecule has 0 radical (unpaired) electrons. The maximum Gasteiger partial charge on any atom is 0.356 e. The number of carboxylic acids is 1. The second kappa shape index (κ2) is 5.53. The number of benzene rings is 1. The number of hydrogen-bond acceptors (Lipinski definition) is 6. The molecule has 0 amide bonds. The normalized spacial score (nSPS) is 11.5. The number of rotatable bonds is 4. The average molecular weight is 348 g/mol. The molecular formula is C15H12N2O6S. The molecular weight excluding hydrogens is 336 g/mol. The van der Waals surface area contributed by atoms with Crippen molar-refractivity contribution in [3.05, 3.63) is 48.3 Å². The van der Waals surface area contributed by atoms with E-state index in [1.165, 1.54) is 30.5 Å². The van der Waals surface area contributed by atoms with Crippen LogP contribution in [0.3, 0.4) is 0 Å². The van der Waals surface area contributed by atoms with Crippen LogP contribution in [-0.4, -0.2) is 40.7 Å². The summed E-state index contributed by atoms with van der Waals surface area (Å²) in [6.07, 6.45) is 2.34. The van der Waals surface area contributed by atoms with Crippen LogP contribution in [0, 0.1) is 0 Å². The number of hydrogen-bond donors (Lipinski definition) is 2. The predicted octanol–water partition coefficient (Wildman–Crippen LogP) is 2.17. The van der Waals surface area contributed by atoms with Crippen molar-refractivity contribution in [1.82, 2.24) is 9.71 Å². The number of aromatic nitrogens is 2. The van der Waals surface area contributed by atoms with E-state index in [4.69, 9.17) is 9.84 Å². The highest BCUT2D eigenvalue weighted by Crippen LogP contribution is 2.27. The Morgan fingerprint density at radius 1 is 1.17 bits per heavy atom. The van der Waals surface area contributed by atoms with Gasteiger partial charge in [-0.1, -0.05) is 0 Å². The molecule has 0 atom stereocenters. The van der Waals surface area contributed by atoms with Crippen LogP contribution >= 0.6 is 0 Å². The van der Waals surface area contributed by atoms with Crippen LogP contribution in [0.5, 0.6) is 11.5 Å². The quantitative estimate of drug-likeness (QED) is 0.693. The van der Waals surface area contributed by atoms with Gasteiger partial charge in [0, 0.05) is 11.6 Å². The van der Waals surface area contributed by atoms with Crippen LogP contribution in [0.2, 0.25) is 0 Å². The number of carboxylic acid groups (broad SMARTS) is 1. The molecule has 0 fully saturated rings. The summed E-state index contributed by atoms with van der Waals surface area (Å²) in [6.45, 7) is 0. The van der Waals surface area contributed by atoms with Gasteiger partial charge in [-0.05, 0) is 36.4 Å². The number of pyridine rings is 1. The largest absolute Gasteiger partial charge is 0.476 e. The van der Waals surface area contributed by atoms with Crippen LogP contribution in [0.15, 0.2) is 47.6 Å². The van der Waals surface area contributed by atoms with Gasteiger partial charge in [-0.25, -0.2) is 18.2 Å². The number of ether oxygens (including phenoxy) is 1. The minimum Gasteiger partial charge on any atom is -0.476 e. The van der Waals surface area contributed by atoms with Gasteiger partial charge in [0.1, 0.15) is 11.5 Å². The van der Waals surface area contributed by atoms with E-state index in [-0.39, 0.29) is 10.7 Å². The van der Waals surface area contributed by atoms with E-state index in [2.05, 4.69) is 4.98 Å². The van der Waals surface area contributed by atoms with E-state index in [1.807, 2.05) is 0 Å². The summed E-state index contributed by atoms with van der Waals surface area (Å²) in [5.41, 5.74) is 0.0617. The fourth-order valence-electron chi connectivity index (χ4n) is 2.18. The molecule has 0 aliphatic rings. The summed E-state index contributed by atoms with van der Waals surface area (Å²) in [7, 11) is -3.38. The van der Waals surface area contributed by atoms with Crippen molar-refractivity contribution in [2.24, 2.45) is 0 Å². The van der Waals surface area contributed by atoms with Crippen molar-refractivity contribution in [1.29, 1.82) is 0 Å². The van der Waals surface area contributed by atoms with Crippen molar-refractivity contribution in [2.45, 2.75) is 5.03 Å². The number of sulfone groups is 1. The van der Waals surface area contributed by atoms with E-state index < -0.39 is 15.8 Å². The lowest BCUT2D eigenvalue weighted by molar-refractivity contribution is 0.0649. The van der Waals surface area contributed by atoms with E-state index >= 15 is 0 Å². The summed E-state index contributed by atoms with van der Waals surface area (Å²) in [4.78, 5) is 14.8. The summed E-state index contributed by atoms with van der Waals surface area (Å²) in [6, 6.07) is 8.72. The van der Waals surface area contributed by atoms with Gasteiger partial charge >= 0.3 is 5.97 Å². The fourth-order valence-corrected chi connectivity index (χ4v) is 2.74. The second-order valence-corrected chi connectivity index (χ2v) is 7.04. The highest BCUT2D eigenvalue weighted by Gasteiger charge is 2.15. The van der Waals surface area contributed by atoms with Crippen molar-refractivity contribution in [3.8, 4) is 11.5 Å². The van der Waals surface area contributed by atoms with Crippen molar-refractivity contribution >= 4 is 26.7 Å². The predicted molar refractivity (Wildman–Crippen MR) is 83.5 cm³/mol. The molecule has 124 valence electrons. The molecule has 9 heteroatoms. The van der Waals surface area contributed by atoms with Gasteiger partial charge in [-0.15, -0.1) is 0 Å². The van der Waals surface area contributed by atoms with E-state index in [0.717, 1.165) is 6.26 Å². The molecule has 0 aliphatic heterocycles. The lowest BCUT2D eigenvalue weighted by atomic mass is 10.2. The SMILES string of the molecule is CS(=O)(=O)c1ccc(Oc2ccc3c(c2)cc(C(=O)O)n3O)cn1. The molecule has 2 heterocycles. The molecule has 3 rings (SSSR count). The third-order valence-electron chi connectivity index (χ3n) is 3.29. The standard InChI is InChI=1S/C15H12N2O6S/c1-24(21,22)14-5-3-11(8-16-14)23-10-2-4-12-9(6-10)7-13(15(18)19)17(12)20/h2-8,20H,1H3,(H,18,19). The Morgan fingerprint density at radius 2 is 1.88 bits per heavy atom. The summed E-state index contributed by atoms with van der Waals surface area (Å²) < 4.78 is 28.9. The number of carbonyl (C=O) groups is 1. The van der Waals surface area contributed by atoms with Gasteiger partial charge in [0.15, 0.2) is 20.6 Å². The Hall–Kier alpha value is -3.07. The second-order valence-electron chi connectivity index (χ2n) is 5.07. The first-order chi connectivity index (χ1) is 11.3. The van der Waals surface area contributed by atoms with Crippen molar-refractivity contribution in [2.75, 3.05) is 6.26 Å². The van der Waals surface area contributed by atoms with Gasteiger partial charge in [-0.2, -0.15) is 4.73 Å². The molecule has 0 aliphatic carbocycles. The molecule has 0 saturated carbocycles. The zero-order chi connectivity index (χ0) is 17.5. The van der Waals surface area contributed by atoms with Crippen LogP contribution in [0.4, 0.5) is 0 Å². The molecule has 24 heavy (non-hydrogen) atoms. The molecule has 1 aromatic carbocycles. The van der Waals surface area contributed by atoms with E-state index in [1.54, 1.807) is 12.1 Å². The molecule has 0 bridgehead atoms. The van der Waals surface area contributed by atoms with Crippen LogP contribution in [0.25, 0.3) is 10.9 Å². The zero-order valence-electron chi connectivity index (χ0n) is 12.4. The topological polar surface area (TPSA) is 119 Å². The van der Waals surface area contributed by atoms with Crippen LogP contribution in [-0.2, 0) is 9.84 Å². The Balaban J connectivity index is 1.92. The smallest absolute Gasteiger partial charge is 0.356 e. The Morgan fingerprint density at radius 3 is 2.46 bits per heavy atom. The summed E-state index contributed by atoms with van der Waals surface area (Å²) in [5, 5.41) is 19.2. The molecule has 3 aromatic rings. The molecule has 0 spiro atoms. The van der Waals surface area contributed by atoms with Gasteiger partial charge < -0.3 is 15.1 Å². The first-order valence-corrected chi connectivity index (χ1v) is 8.57. The van der Waals surface area contributed by atoms with Crippen molar-refractivity contribution in [3.63, 3.8) is 0 Å². The average Bonchev–Trinajstić information content (AvgIpc) is 2.84. The molecule has 8 nitrogen and oxygen atoms in total. The fraction of sp³-hybridized carbons (Fsp3) is 0.0667. The molecule has 2 aromatic heterocycles. The lowest BCUT2D eigenvalue weighted by Crippen LogP contribution is -2.04. The highest BCUT2D eigenvalue weighted by molar-refractivity contribution is 7.90. The Bertz CT molecular complexity index is 1040. The van der Waals surface area contributed by atoms with Crippen molar-refractivity contribution < 1.29 is 28.3 Å². The van der Waals surface area contributed by atoms with E-state index in [0.29, 0.717) is 27.1 Å². The monoisotopic (exact) mass is 348 g/mol. The number of nitrogens with zero attached hydrogens (tertiary/aromatic N) is 2. The molecule has 2 N–H and O–H groups in total. The van der Waals surface area contributed by atoms with Gasteiger partial charge in [0.2, 0.25) is 0 Å². The maximum atomic E-state index is 11.4. The minimum absolute atomic E-state index is 0.0613. The van der Waals surface area contributed by atoms with Crippen LogP contribution in [0.1, 0.15) is 10.5 Å². The third-order valence-corrected chi connectivity index (χ3v) is 4.29.